The van der Waals surface area contributed by atoms with Crippen molar-refractivity contribution in [2.24, 2.45) is 0 Å². The number of rotatable bonds is 5. The van der Waals surface area contributed by atoms with Gasteiger partial charge in [0.25, 0.3) is 0 Å². The SMILES string of the molecule is O=C(O)c1cnc(NS(=O)(=O)CCCl)o1. The van der Waals surface area contributed by atoms with Gasteiger partial charge in [-0.25, -0.2) is 22.9 Å². The van der Waals surface area contributed by atoms with Crippen molar-refractivity contribution >= 4 is 33.6 Å². The van der Waals surface area contributed by atoms with E-state index in [-0.39, 0.29) is 11.6 Å². The molecule has 0 fully saturated rings. The number of hydrogen-bond acceptors (Lipinski definition) is 5. The number of nitrogens with zero attached hydrogens (tertiary/aromatic N) is 1. The summed E-state index contributed by atoms with van der Waals surface area (Å²) in [5.41, 5.74) is 0. The van der Waals surface area contributed by atoms with Crippen LogP contribution >= 0.6 is 11.6 Å². The minimum absolute atomic E-state index is 0.0815. The van der Waals surface area contributed by atoms with Gasteiger partial charge in [0.05, 0.1) is 11.9 Å². The number of nitrogens with one attached hydrogen (secondary N) is 1. The summed E-state index contributed by atoms with van der Waals surface area (Å²) in [6, 6.07) is -0.391. The molecule has 0 aliphatic carbocycles. The fourth-order valence-corrected chi connectivity index (χ4v) is 1.98. The molecule has 84 valence electrons. The smallest absolute Gasteiger partial charge is 0.373 e. The van der Waals surface area contributed by atoms with Crippen LogP contribution in [0.2, 0.25) is 0 Å². The molecule has 1 aromatic rings. The number of aromatic nitrogens is 1. The van der Waals surface area contributed by atoms with Crippen LogP contribution in [0.5, 0.6) is 0 Å². The van der Waals surface area contributed by atoms with Crippen molar-refractivity contribution in [3.05, 3.63) is 12.0 Å². The number of carboxylic acid groups (broad SMARTS) is 1. The van der Waals surface area contributed by atoms with Gasteiger partial charge in [-0.1, -0.05) is 0 Å². The Morgan fingerprint density at radius 2 is 2.33 bits per heavy atom. The fourth-order valence-electron chi connectivity index (χ4n) is 0.706. The van der Waals surface area contributed by atoms with Crippen LogP contribution in [-0.4, -0.2) is 36.1 Å². The molecule has 15 heavy (non-hydrogen) atoms. The molecule has 7 nitrogen and oxygen atoms in total. The summed E-state index contributed by atoms with van der Waals surface area (Å²) in [6.45, 7) is 0. The molecule has 0 saturated heterocycles. The van der Waals surface area contributed by atoms with E-state index < -0.39 is 27.8 Å². The van der Waals surface area contributed by atoms with Crippen LogP contribution in [0.3, 0.4) is 0 Å². The lowest BCUT2D eigenvalue weighted by atomic mass is 10.5. The largest absolute Gasteiger partial charge is 0.475 e. The van der Waals surface area contributed by atoms with Crippen molar-refractivity contribution in [1.82, 2.24) is 4.98 Å². The van der Waals surface area contributed by atoms with Gasteiger partial charge < -0.3 is 9.52 Å². The molecule has 0 spiro atoms. The van der Waals surface area contributed by atoms with Crippen molar-refractivity contribution in [2.45, 2.75) is 0 Å². The zero-order valence-corrected chi connectivity index (χ0v) is 8.88. The third kappa shape index (κ3) is 3.40. The molecule has 9 heteroatoms. The van der Waals surface area contributed by atoms with Crippen molar-refractivity contribution in [2.75, 3.05) is 16.4 Å². The van der Waals surface area contributed by atoms with Crippen molar-refractivity contribution in [1.29, 1.82) is 0 Å². The van der Waals surface area contributed by atoms with Crippen LogP contribution in [0.4, 0.5) is 6.01 Å². The fraction of sp³-hybridized carbons (Fsp3) is 0.333. The minimum atomic E-state index is -3.63. The minimum Gasteiger partial charge on any atom is -0.475 e. The maximum Gasteiger partial charge on any atom is 0.373 e. The second-order valence-corrected chi connectivity index (χ2v) is 4.66. The number of alkyl halides is 1. The zero-order valence-electron chi connectivity index (χ0n) is 7.31. The van der Waals surface area contributed by atoms with Crippen molar-refractivity contribution < 1.29 is 22.7 Å². The molecular formula is C6H7ClN2O5S. The molecule has 2 N–H and O–H groups in total. The first-order valence-corrected chi connectivity index (χ1v) is 5.89. The highest BCUT2D eigenvalue weighted by atomic mass is 35.5. The number of oxazole rings is 1. The highest BCUT2D eigenvalue weighted by molar-refractivity contribution is 7.92. The Labute approximate surface area is 90.1 Å². The van der Waals surface area contributed by atoms with E-state index in [4.69, 9.17) is 16.7 Å². The summed E-state index contributed by atoms with van der Waals surface area (Å²) < 4.78 is 28.8. The molecule has 1 aromatic heterocycles. The molecule has 0 aliphatic rings. The van der Waals surface area contributed by atoms with Gasteiger partial charge in [0.2, 0.25) is 15.8 Å². The van der Waals surface area contributed by atoms with Gasteiger partial charge in [-0.2, -0.15) is 0 Å². The third-order valence-electron chi connectivity index (χ3n) is 1.31. The predicted molar refractivity (Wildman–Crippen MR) is 51.6 cm³/mol. The average Bonchev–Trinajstić information content (AvgIpc) is 2.51. The van der Waals surface area contributed by atoms with E-state index in [0.717, 1.165) is 6.20 Å². The van der Waals surface area contributed by atoms with Crippen LogP contribution in [0.25, 0.3) is 0 Å². The lowest BCUT2D eigenvalue weighted by Gasteiger charge is -2.00. The number of halogens is 1. The van der Waals surface area contributed by atoms with Crippen LogP contribution in [0, 0.1) is 0 Å². The molecule has 1 heterocycles. The molecule has 0 bridgehead atoms. The number of aromatic carboxylic acids is 1. The van der Waals surface area contributed by atoms with E-state index >= 15 is 0 Å². The molecule has 0 unspecified atom stereocenters. The lowest BCUT2D eigenvalue weighted by molar-refractivity contribution is 0.0663. The zero-order chi connectivity index (χ0) is 11.5. The van der Waals surface area contributed by atoms with E-state index in [1.807, 2.05) is 4.72 Å². The maximum atomic E-state index is 11.1. The quantitative estimate of drug-likeness (QED) is 0.734. The van der Waals surface area contributed by atoms with Crippen molar-refractivity contribution in [3.8, 4) is 0 Å². The molecule has 0 amide bonds. The van der Waals surface area contributed by atoms with Gasteiger partial charge in [0, 0.05) is 5.88 Å². The Hall–Kier alpha value is -1.28. The van der Waals surface area contributed by atoms with Gasteiger partial charge in [-0.05, 0) is 0 Å². The first-order chi connectivity index (χ1) is 6.94. The second kappa shape index (κ2) is 4.49. The summed E-state index contributed by atoms with van der Waals surface area (Å²) in [5, 5.41) is 8.47. The van der Waals surface area contributed by atoms with Crippen LogP contribution in [-0.2, 0) is 10.0 Å². The summed E-state index contributed by atoms with van der Waals surface area (Å²) in [4.78, 5) is 13.8. The van der Waals surface area contributed by atoms with Crippen molar-refractivity contribution in [3.63, 3.8) is 0 Å². The molecule has 0 atom stereocenters. The number of anilines is 1. The summed E-state index contributed by atoms with van der Waals surface area (Å²) in [5.74, 6) is -2.16. The summed E-state index contributed by atoms with van der Waals surface area (Å²) in [6.07, 6.45) is 0.904. The number of hydrogen-bond donors (Lipinski definition) is 2. The Morgan fingerprint density at radius 3 is 2.80 bits per heavy atom. The number of sulfonamides is 1. The van der Waals surface area contributed by atoms with E-state index in [2.05, 4.69) is 9.40 Å². The summed E-state index contributed by atoms with van der Waals surface area (Å²) >= 11 is 5.24. The van der Waals surface area contributed by atoms with Gasteiger partial charge >= 0.3 is 12.0 Å². The molecule has 0 aliphatic heterocycles. The first kappa shape index (κ1) is 11.8. The molecular weight excluding hydrogens is 248 g/mol. The van der Waals surface area contributed by atoms with E-state index in [9.17, 15) is 13.2 Å². The molecule has 1 rings (SSSR count). The first-order valence-electron chi connectivity index (χ1n) is 3.70. The summed E-state index contributed by atoms with van der Waals surface area (Å²) in [7, 11) is -3.63. The Kier molecular flexibility index (Phi) is 3.53. The molecule has 0 saturated carbocycles. The van der Waals surface area contributed by atoms with Crippen LogP contribution < -0.4 is 4.72 Å². The Morgan fingerprint density at radius 1 is 1.67 bits per heavy atom. The third-order valence-corrected chi connectivity index (χ3v) is 2.95. The van der Waals surface area contributed by atoms with Gasteiger partial charge in [-0.3, -0.25) is 0 Å². The Balaban J connectivity index is 2.77. The molecule has 0 aromatic carbocycles. The number of carboxylic acids is 1. The van der Waals surface area contributed by atoms with Crippen LogP contribution in [0.1, 0.15) is 10.6 Å². The van der Waals surface area contributed by atoms with Gasteiger partial charge in [0.1, 0.15) is 0 Å². The average molecular weight is 255 g/mol. The lowest BCUT2D eigenvalue weighted by Crippen LogP contribution is -2.17. The van der Waals surface area contributed by atoms with Gasteiger partial charge in [0.15, 0.2) is 0 Å². The molecule has 0 radical (unpaired) electrons. The standard InChI is InChI=1S/C6H7ClN2O5S/c7-1-2-15(12,13)9-6-8-3-4(14-6)5(10)11/h3H,1-2H2,(H,8,9)(H,10,11). The monoisotopic (exact) mass is 254 g/mol. The van der Waals surface area contributed by atoms with E-state index in [1.54, 1.807) is 0 Å². The van der Waals surface area contributed by atoms with E-state index in [1.165, 1.54) is 0 Å². The highest BCUT2D eigenvalue weighted by Crippen LogP contribution is 2.10. The number of carbonyl (C=O) groups is 1. The second-order valence-electron chi connectivity index (χ2n) is 2.44. The maximum absolute atomic E-state index is 11.1. The van der Waals surface area contributed by atoms with E-state index in [0.29, 0.717) is 0 Å². The Bertz CT molecular complexity index is 454. The topological polar surface area (TPSA) is 109 Å². The van der Waals surface area contributed by atoms with Crippen LogP contribution in [0.15, 0.2) is 10.6 Å². The highest BCUT2D eigenvalue weighted by Gasteiger charge is 2.15. The predicted octanol–water partition coefficient (Wildman–Crippen LogP) is 0.353. The van der Waals surface area contributed by atoms with Gasteiger partial charge in [-0.15, -0.1) is 11.6 Å². The normalized spacial score (nSPS) is 11.3.